The molecule has 0 radical (unpaired) electrons. The average Bonchev–Trinajstić information content (AvgIpc) is 2.49. The molecule has 0 amide bonds. The van der Waals surface area contributed by atoms with Crippen LogP contribution >= 0.6 is 0 Å². The van der Waals surface area contributed by atoms with Crippen LogP contribution in [-0.4, -0.2) is 51.1 Å². The Morgan fingerprint density at radius 3 is 2.39 bits per heavy atom. The molecule has 2 N–H and O–H groups in total. The highest BCUT2D eigenvalue weighted by Gasteiger charge is 2.19. The van der Waals surface area contributed by atoms with Crippen LogP contribution in [0.4, 0.5) is 0 Å². The van der Waals surface area contributed by atoms with E-state index in [1.165, 1.54) is 16.1 Å². The molecule has 7 heteroatoms. The molecule has 1 aromatic rings. The lowest BCUT2D eigenvalue weighted by Crippen LogP contribution is -2.40. The van der Waals surface area contributed by atoms with Gasteiger partial charge in [0, 0.05) is 32.7 Å². The summed E-state index contributed by atoms with van der Waals surface area (Å²) in [5.41, 5.74) is 1.18. The summed E-state index contributed by atoms with van der Waals surface area (Å²) in [4.78, 5) is 4.17. The standard InChI is InChI=1S/C16H28N4O2S/c1-14(2)20(23(4,21)22)12-8-11-18-16(17-3)19-13-15-9-6-5-7-10-15/h5-7,9-10,14H,8,11-13H2,1-4H3,(H2,17,18,19). The largest absolute Gasteiger partial charge is 0.356 e. The van der Waals surface area contributed by atoms with Gasteiger partial charge in [-0.25, -0.2) is 8.42 Å². The quantitative estimate of drug-likeness (QED) is 0.426. The lowest BCUT2D eigenvalue weighted by molar-refractivity contribution is 0.352. The minimum Gasteiger partial charge on any atom is -0.356 e. The number of sulfonamides is 1. The van der Waals surface area contributed by atoms with E-state index in [2.05, 4.69) is 15.6 Å². The number of aliphatic imine (C=N–C) groups is 1. The molecule has 0 saturated heterocycles. The van der Waals surface area contributed by atoms with E-state index in [1.54, 1.807) is 7.05 Å². The molecular formula is C16H28N4O2S. The van der Waals surface area contributed by atoms with Crippen LogP contribution in [-0.2, 0) is 16.6 Å². The monoisotopic (exact) mass is 340 g/mol. The van der Waals surface area contributed by atoms with Crippen LogP contribution < -0.4 is 10.6 Å². The van der Waals surface area contributed by atoms with Crippen molar-refractivity contribution in [3.8, 4) is 0 Å². The summed E-state index contributed by atoms with van der Waals surface area (Å²) in [5, 5.41) is 6.44. The minimum absolute atomic E-state index is 0.0273. The molecule has 0 heterocycles. The molecule has 1 aromatic carbocycles. The van der Waals surface area contributed by atoms with Gasteiger partial charge in [-0.1, -0.05) is 30.3 Å². The van der Waals surface area contributed by atoms with Gasteiger partial charge in [-0.3, -0.25) is 4.99 Å². The van der Waals surface area contributed by atoms with Gasteiger partial charge < -0.3 is 10.6 Å². The number of nitrogens with one attached hydrogen (secondary N) is 2. The predicted molar refractivity (Wildman–Crippen MR) is 95.9 cm³/mol. The van der Waals surface area contributed by atoms with Crippen LogP contribution in [0.25, 0.3) is 0 Å². The zero-order chi connectivity index (χ0) is 17.3. The zero-order valence-electron chi connectivity index (χ0n) is 14.4. The average molecular weight is 340 g/mol. The Hall–Kier alpha value is -1.60. The van der Waals surface area contributed by atoms with E-state index in [-0.39, 0.29) is 6.04 Å². The second-order valence-electron chi connectivity index (χ2n) is 5.66. The third-order valence-electron chi connectivity index (χ3n) is 3.38. The van der Waals surface area contributed by atoms with Crippen molar-refractivity contribution in [1.29, 1.82) is 0 Å². The molecule has 6 nitrogen and oxygen atoms in total. The number of guanidine groups is 1. The van der Waals surface area contributed by atoms with Gasteiger partial charge in [0.05, 0.1) is 6.26 Å². The lowest BCUT2D eigenvalue weighted by Gasteiger charge is -2.24. The maximum Gasteiger partial charge on any atom is 0.211 e. The summed E-state index contributed by atoms with van der Waals surface area (Å²) < 4.78 is 24.9. The van der Waals surface area contributed by atoms with Crippen molar-refractivity contribution >= 4 is 16.0 Å². The van der Waals surface area contributed by atoms with Crippen LogP contribution in [0.15, 0.2) is 35.3 Å². The molecule has 0 saturated carbocycles. The predicted octanol–water partition coefficient (Wildman–Crippen LogP) is 1.41. The molecule has 0 fully saturated rings. The van der Waals surface area contributed by atoms with Crippen LogP contribution in [0.1, 0.15) is 25.8 Å². The molecule has 1 rings (SSSR count). The van der Waals surface area contributed by atoms with Gasteiger partial charge in [0.2, 0.25) is 10.0 Å². The highest BCUT2D eigenvalue weighted by Crippen LogP contribution is 2.05. The molecule has 0 aliphatic heterocycles. The number of rotatable bonds is 8. The van der Waals surface area contributed by atoms with Crippen molar-refractivity contribution in [3.05, 3.63) is 35.9 Å². The van der Waals surface area contributed by atoms with E-state index in [4.69, 9.17) is 0 Å². The first-order chi connectivity index (χ1) is 10.8. The van der Waals surface area contributed by atoms with E-state index in [1.807, 2.05) is 44.2 Å². The normalized spacial score (nSPS) is 12.7. The van der Waals surface area contributed by atoms with Crippen LogP contribution in [0.3, 0.4) is 0 Å². The second kappa shape index (κ2) is 9.52. The maximum absolute atomic E-state index is 11.7. The van der Waals surface area contributed by atoms with Gasteiger partial charge in [-0.05, 0) is 25.8 Å². The molecule has 0 aliphatic carbocycles. The Kier molecular flexibility index (Phi) is 8.05. The summed E-state index contributed by atoms with van der Waals surface area (Å²) in [5.74, 6) is 0.712. The fourth-order valence-electron chi connectivity index (χ4n) is 2.25. The Bertz CT molecular complexity index is 585. The summed E-state index contributed by atoms with van der Waals surface area (Å²) in [6.07, 6.45) is 1.97. The van der Waals surface area contributed by atoms with Crippen molar-refractivity contribution in [2.45, 2.75) is 32.9 Å². The Morgan fingerprint density at radius 1 is 1.22 bits per heavy atom. The van der Waals surface area contributed by atoms with E-state index in [9.17, 15) is 8.42 Å². The summed E-state index contributed by atoms with van der Waals surface area (Å²) >= 11 is 0. The molecule has 0 spiro atoms. The molecule has 0 unspecified atom stereocenters. The summed E-state index contributed by atoms with van der Waals surface area (Å²) in [7, 11) is -1.44. The molecule has 0 aliphatic rings. The Morgan fingerprint density at radius 2 is 1.87 bits per heavy atom. The molecular weight excluding hydrogens is 312 g/mol. The SMILES string of the molecule is CN=C(NCCCN(C(C)C)S(C)(=O)=O)NCc1ccccc1. The molecule has 23 heavy (non-hydrogen) atoms. The highest BCUT2D eigenvalue weighted by atomic mass is 32.2. The number of hydrogen-bond acceptors (Lipinski definition) is 3. The van der Waals surface area contributed by atoms with Gasteiger partial charge in [0.1, 0.15) is 0 Å². The molecule has 0 bridgehead atoms. The summed E-state index contributed by atoms with van der Waals surface area (Å²) in [6.45, 7) is 5.62. The number of nitrogens with zero attached hydrogens (tertiary/aromatic N) is 2. The van der Waals surface area contributed by atoms with E-state index in [0.717, 1.165) is 6.42 Å². The van der Waals surface area contributed by atoms with Crippen molar-refractivity contribution in [2.24, 2.45) is 4.99 Å². The van der Waals surface area contributed by atoms with Crippen molar-refractivity contribution in [2.75, 3.05) is 26.4 Å². The van der Waals surface area contributed by atoms with Crippen LogP contribution in [0.2, 0.25) is 0 Å². The van der Waals surface area contributed by atoms with Gasteiger partial charge in [0.25, 0.3) is 0 Å². The van der Waals surface area contributed by atoms with Crippen molar-refractivity contribution in [1.82, 2.24) is 14.9 Å². The van der Waals surface area contributed by atoms with Gasteiger partial charge in [-0.2, -0.15) is 4.31 Å². The van der Waals surface area contributed by atoms with E-state index in [0.29, 0.717) is 25.6 Å². The maximum atomic E-state index is 11.7. The van der Waals surface area contributed by atoms with E-state index < -0.39 is 10.0 Å². The first-order valence-electron chi connectivity index (χ1n) is 7.80. The third-order valence-corrected chi connectivity index (χ3v) is 4.83. The zero-order valence-corrected chi connectivity index (χ0v) is 15.2. The Labute approximate surface area is 140 Å². The molecule has 0 atom stereocenters. The second-order valence-corrected chi connectivity index (χ2v) is 7.59. The van der Waals surface area contributed by atoms with Crippen molar-refractivity contribution in [3.63, 3.8) is 0 Å². The smallest absolute Gasteiger partial charge is 0.211 e. The fraction of sp³-hybridized carbons (Fsp3) is 0.562. The third kappa shape index (κ3) is 7.47. The Balaban J connectivity index is 2.35. The van der Waals surface area contributed by atoms with Crippen molar-refractivity contribution < 1.29 is 8.42 Å². The minimum atomic E-state index is -3.16. The van der Waals surface area contributed by atoms with Crippen LogP contribution in [0, 0.1) is 0 Å². The number of hydrogen-bond donors (Lipinski definition) is 2. The van der Waals surface area contributed by atoms with Crippen LogP contribution in [0.5, 0.6) is 0 Å². The lowest BCUT2D eigenvalue weighted by atomic mass is 10.2. The summed E-state index contributed by atoms with van der Waals surface area (Å²) in [6, 6.07) is 10.1. The first kappa shape index (κ1) is 19.4. The van der Waals surface area contributed by atoms with Gasteiger partial charge >= 0.3 is 0 Å². The molecule has 0 aromatic heterocycles. The number of benzene rings is 1. The fourth-order valence-corrected chi connectivity index (χ4v) is 3.48. The van der Waals surface area contributed by atoms with E-state index >= 15 is 0 Å². The van der Waals surface area contributed by atoms with Gasteiger partial charge in [-0.15, -0.1) is 0 Å². The topological polar surface area (TPSA) is 73.8 Å². The van der Waals surface area contributed by atoms with Gasteiger partial charge in [0.15, 0.2) is 5.96 Å². The highest BCUT2D eigenvalue weighted by molar-refractivity contribution is 7.88. The molecule has 130 valence electrons. The first-order valence-corrected chi connectivity index (χ1v) is 9.64.